The molecule has 2 aromatic rings. The zero-order valence-electron chi connectivity index (χ0n) is 12.7. The van der Waals surface area contributed by atoms with Crippen LogP contribution in [0.5, 0.6) is 11.5 Å². The molecule has 0 bridgehead atoms. The van der Waals surface area contributed by atoms with Crippen LogP contribution >= 0.6 is 23.2 Å². The molecule has 22 heavy (non-hydrogen) atoms. The summed E-state index contributed by atoms with van der Waals surface area (Å²) in [6, 6.07) is 12.3. The summed E-state index contributed by atoms with van der Waals surface area (Å²) in [7, 11) is 0. The number of unbranched alkanes of at least 4 members (excludes halogenated alkanes) is 2. The molecule has 0 aliphatic carbocycles. The van der Waals surface area contributed by atoms with Crippen LogP contribution < -0.4 is 9.47 Å². The Kier molecular flexibility index (Phi) is 7.68. The highest BCUT2D eigenvalue weighted by molar-refractivity contribution is 6.18. The van der Waals surface area contributed by atoms with E-state index < -0.39 is 0 Å². The van der Waals surface area contributed by atoms with Crippen LogP contribution in [0.15, 0.2) is 36.4 Å². The lowest BCUT2D eigenvalue weighted by Gasteiger charge is -2.09. The molecule has 0 N–H and O–H groups in total. The summed E-state index contributed by atoms with van der Waals surface area (Å²) in [5, 5.41) is 2.31. The molecule has 0 aliphatic rings. The molecule has 2 rings (SSSR count). The van der Waals surface area contributed by atoms with Crippen molar-refractivity contribution < 1.29 is 9.47 Å². The first-order valence-corrected chi connectivity index (χ1v) is 8.82. The smallest absolute Gasteiger partial charge is 0.119 e. The largest absolute Gasteiger partial charge is 0.494 e. The fourth-order valence-electron chi connectivity index (χ4n) is 2.15. The molecule has 120 valence electrons. The lowest BCUT2D eigenvalue weighted by Crippen LogP contribution is -1.98. The highest BCUT2D eigenvalue weighted by atomic mass is 35.5. The van der Waals surface area contributed by atoms with Gasteiger partial charge in [-0.2, -0.15) is 0 Å². The minimum Gasteiger partial charge on any atom is -0.494 e. The second-order valence-electron chi connectivity index (χ2n) is 5.16. The molecule has 0 unspecified atom stereocenters. The molecule has 0 saturated carbocycles. The summed E-state index contributed by atoms with van der Waals surface area (Å²) in [5.41, 5.74) is 0. The van der Waals surface area contributed by atoms with Gasteiger partial charge >= 0.3 is 0 Å². The van der Waals surface area contributed by atoms with Crippen LogP contribution in [0.1, 0.15) is 25.7 Å². The molecular formula is C18H22Cl2O2. The number of rotatable bonds is 10. The minimum atomic E-state index is 0.689. The topological polar surface area (TPSA) is 18.5 Å². The average Bonchev–Trinajstić information content (AvgIpc) is 2.55. The van der Waals surface area contributed by atoms with Crippen molar-refractivity contribution in [1.82, 2.24) is 0 Å². The fourth-order valence-corrected chi connectivity index (χ4v) is 2.53. The summed E-state index contributed by atoms with van der Waals surface area (Å²) in [4.78, 5) is 0. The predicted molar refractivity (Wildman–Crippen MR) is 94.8 cm³/mol. The van der Waals surface area contributed by atoms with Crippen LogP contribution in [0.3, 0.4) is 0 Å². The maximum Gasteiger partial charge on any atom is 0.119 e. The predicted octanol–water partition coefficient (Wildman–Crippen LogP) is 5.64. The minimum absolute atomic E-state index is 0.689. The van der Waals surface area contributed by atoms with E-state index in [1.165, 1.54) is 0 Å². The number of fused-ring (bicyclic) bond motifs is 1. The molecule has 0 heterocycles. The van der Waals surface area contributed by atoms with Gasteiger partial charge in [0.2, 0.25) is 0 Å². The molecular weight excluding hydrogens is 319 g/mol. The number of benzene rings is 2. The van der Waals surface area contributed by atoms with Gasteiger partial charge in [-0.15, -0.1) is 23.2 Å². The first-order valence-electron chi connectivity index (χ1n) is 7.75. The summed E-state index contributed by atoms with van der Waals surface area (Å²) in [6.45, 7) is 1.42. The van der Waals surface area contributed by atoms with Crippen LogP contribution in [0.25, 0.3) is 10.8 Å². The Bertz CT molecular complexity index is 521. The third-order valence-corrected chi connectivity index (χ3v) is 3.91. The van der Waals surface area contributed by atoms with Crippen molar-refractivity contribution in [2.45, 2.75) is 25.7 Å². The number of alkyl halides is 2. The Morgan fingerprint density at radius 3 is 1.50 bits per heavy atom. The Hall–Kier alpha value is -1.12. The molecule has 0 fully saturated rings. The Morgan fingerprint density at radius 2 is 1.09 bits per heavy atom. The molecule has 4 heteroatoms. The number of halogens is 2. The number of hydrogen-bond acceptors (Lipinski definition) is 2. The summed E-state index contributed by atoms with van der Waals surface area (Å²) >= 11 is 11.3. The first kappa shape index (κ1) is 17.2. The van der Waals surface area contributed by atoms with Crippen molar-refractivity contribution in [2.75, 3.05) is 25.0 Å². The molecule has 0 spiro atoms. The van der Waals surface area contributed by atoms with Gasteiger partial charge in [0.1, 0.15) is 11.5 Å². The quantitative estimate of drug-likeness (QED) is 0.411. The van der Waals surface area contributed by atoms with E-state index in [4.69, 9.17) is 32.7 Å². The van der Waals surface area contributed by atoms with Crippen LogP contribution in [-0.2, 0) is 0 Å². The average molecular weight is 341 g/mol. The third-order valence-electron chi connectivity index (χ3n) is 3.38. The van der Waals surface area contributed by atoms with E-state index in [0.717, 1.165) is 48.0 Å². The van der Waals surface area contributed by atoms with Gasteiger partial charge in [-0.05, 0) is 60.7 Å². The molecule has 0 aromatic heterocycles. The van der Waals surface area contributed by atoms with E-state index in [2.05, 4.69) is 24.3 Å². The molecule has 0 saturated heterocycles. The highest BCUT2D eigenvalue weighted by Gasteiger charge is 2.01. The second kappa shape index (κ2) is 9.81. The van der Waals surface area contributed by atoms with E-state index >= 15 is 0 Å². The van der Waals surface area contributed by atoms with Gasteiger partial charge in [0, 0.05) is 11.8 Å². The number of ether oxygens (including phenoxy) is 2. The van der Waals surface area contributed by atoms with Crippen LogP contribution in [-0.4, -0.2) is 25.0 Å². The van der Waals surface area contributed by atoms with Crippen molar-refractivity contribution in [3.8, 4) is 11.5 Å². The normalized spacial score (nSPS) is 10.8. The van der Waals surface area contributed by atoms with Gasteiger partial charge in [-0.3, -0.25) is 0 Å². The van der Waals surface area contributed by atoms with Gasteiger partial charge in [0.15, 0.2) is 0 Å². The van der Waals surface area contributed by atoms with Crippen molar-refractivity contribution in [3.05, 3.63) is 36.4 Å². The lowest BCUT2D eigenvalue weighted by atomic mass is 10.1. The molecule has 2 nitrogen and oxygen atoms in total. The monoisotopic (exact) mass is 340 g/mol. The molecule has 0 atom stereocenters. The Balaban J connectivity index is 1.93. The van der Waals surface area contributed by atoms with Gasteiger partial charge < -0.3 is 9.47 Å². The SMILES string of the molecule is ClCCCCOc1ccc2cc(OCCCCCl)ccc2c1. The fraction of sp³-hybridized carbons (Fsp3) is 0.444. The van der Waals surface area contributed by atoms with Gasteiger partial charge in [0.25, 0.3) is 0 Å². The van der Waals surface area contributed by atoms with E-state index in [1.54, 1.807) is 0 Å². The van der Waals surface area contributed by atoms with Crippen molar-refractivity contribution in [2.24, 2.45) is 0 Å². The lowest BCUT2D eigenvalue weighted by molar-refractivity contribution is 0.309. The van der Waals surface area contributed by atoms with Crippen molar-refractivity contribution in [3.63, 3.8) is 0 Å². The zero-order valence-corrected chi connectivity index (χ0v) is 14.2. The van der Waals surface area contributed by atoms with E-state index in [1.807, 2.05) is 12.1 Å². The van der Waals surface area contributed by atoms with Gasteiger partial charge in [0.05, 0.1) is 13.2 Å². The van der Waals surface area contributed by atoms with E-state index in [-0.39, 0.29) is 0 Å². The van der Waals surface area contributed by atoms with Gasteiger partial charge in [-0.25, -0.2) is 0 Å². The second-order valence-corrected chi connectivity index (χ2v) is 5.92. The Labute approximate surface area is 142 Å². The standard InChI is InChI=1S/C18H22Cl2O2/c19-9-1-3-11-21-17-7-5-16-14-18(8-6-15(16)13-17)22-12-4-2-10-20/h5-8,13-14H,1-4,9-12H2. The maximum atomic E-state index is 5.74. The van der Waals surface area contributed by atoms with Gasteiger partial charge in [-0.1, -0.05) is 12.1 Å². The molecule has 0 radical (unpaired) electrons. The zero-order chi connectivity index (χ0) is 15.6. The summed E-state index contributed by atoms with van der Waals surface area (Å²) < 4.78 is 11.5. The van der Waals surface area contributed by atoms with E-state index in [9.17, 15) is 0 Å². The highest BCUT2D eigenvalue weighted by Crippen LogP contribution is 2.25. The van der Waals surface area contributed by atoms with Crippen molar-refractivity contribution in [1.29, 1.82) is 0 Å². The molecule has 2 aromatic carbocycles. The van der Waals surface area contributed by atoms with Crippen molar-refractivity contribution >= 4 is 34.0 Å². The molecule has 0 amide bonds. The van der Waals surface area contributed by atoms with Crippen LogP contribution in [0, 0.1) is 0 Å². The van der Waals surface area contributed by atoms with Crippen LogP contribution in [0.4, 0.5) is 0 Å². The van der Waals surface area contributed by atoms with E-state index in [0.29, 0.717) is 25.0 Å². The summed E-state index contributed by atoms with van der Waals surface area (Å²) in [6.07, 6.45) is 3.94. The summed E-state index contributed by atoms with van der Waals surface area (Å²) in [5.74, 6) is 3.18. The Morgan fingerprint density at radius 1 is 0.636 bits per heavy atom. The van der Waals surface area contributed by atoms with Crippen LogP contribution in [0.2, 0.25) is 0 Å². The first-order chi connectivity index (χ1) is 10.8. The molecule has 0 aliphatic heterocycles. The number of hydrogen-bond donors (Lipinski definition) is 0. The third kappa shape index (κ3) is 5.58. The maximum absolute atomic E-state index is 5.74.